The predicted molar refractivity (Wildman–Crippen MR) is 72.6 cm³/mol. The zero-order valence-corrected chi connectivity index (χ0v) is 11.4. The zero-order chi connectivity index (χ0) is 13.9. The number of nitrogens with zero attached hydrogens (tertiary/aromatic N) is 1. The molecule has 0 aliphatic heterocycles. The standard InChI is InChI=1S/C14H15NO3S/c1-12-6-8-14(9-7-12)19(17,18)15-10-2-4-13(15)5-3-11-16/h2,4,6-11H,3,5H2,1H3. The number of carbonyl (C=O) groups is 1. The summed E-state index contributed by atoms with van der Waals surface area (Å²) in [7, 11) is -3.57. The van der Waals surface area contributed by atoms with E-state index in [0.29, 0.717) is 18.5 Å². The molecule has 0 aliphatic carbocycles. The molecule has 0 amide bonds. The van der Waals surface area contributed by atoms with Crippen molar-refractivity contribution in [3.05, 3.63) is 53.9 Å². The maximum atomic E-state index is 12.5. The molecule has 0 unspecified atom stereocenters. The van der Waals surface area contributed by atoms with Crippen LogP contribution in [0.5, 0.6) is 0 Å². The number of aryl methyl sites for hydroxylation is 2. The van der Waals surface area contributed by atoms with E-state index in [9.17, 15) is 13.2 Å². The molecule has 1 aromatic carbocycles. The van der Waals surface area contributed by atoms with Gasteiger partial charge < -0.3 is 4.79 Å². The van der Waals surface area contributed by atoms with Crippen LogP contribution in [0.1, 0.15) is 17.7 Å². The van der Waals surface area contributed by atoms with E-state index in [0.717, 1.165) is 11.8 Å². The minimum Gasteiger partial charge on any atom is -0.303 e. The number of aromatic nitrogens is 1. The summed E-state index contributed by atoms with van der Waals surface area (Å²) in [5.74, 6) is 0. The Morgan fingerprint density at radius 2 is 1.84 bits per heavy atom. The van der Waals surface area contributed by atoms with Gasteiger partial charge in [-0.2, -0.15) is 0 Å². The van der Waals surface area contributed by atoms with Gasteiger partial charge in [0.1, 0.15) is 6.29 Å². The van der Waals surface area contributed by atoms with Crippen LogP contribution in [0.2, 0.25) is 0 Å². The molecule has 0 bridgehead atoms. The Bertz CT molecular complexity index is 669. The van der Waals surface area contributed by atoms with Crippen molar-refractivity contribution in [3.8, 4) is 0 Å². The van der Waals surface area contributed by atoms with Gasteiger partial charge in [-0.3, -0.25) is 0 Å². The molecule has 2 rings (SSSR count). The van der Waals surface area contributed by atoms with E-state index in [1.807, 2.05) is 6.92 Å². The Morgan fingerprint density at radius 1 is 1.16 bits per heavy atom. The Hall–Kier alpha value is -1.88. The van der Waals surface area contributed by atoms with Gasteiger partial charge in [0.05, 0.1) is 4.90 Å². The molecule has 5 heteroatoms. The first-order valence-electron chi connectivity index (χ1n) is 5.98. The molecule has 0 spiro atoms. The normalized spacial score (nSPS) is 11.4. The van der Waals surface area contributed by atoms with Crippen molar-refractivity contribution in [2.24, 2.45) is 0 Å². The molecular weight excluding hydrogens is 262 g/mol. The molecule has 0 saturated heterocycles. The molecule has 0 N–H and O–H groups in total. The second-order valence-corrected chi connectivity index (χ2v) is 6.13. The molecule has 100 valence electrons. The first-order chi connectivity index (χ1) is 9.05. The quantitative estimate of drug-likeness (QED) is 0.787. The predicted octanol–water partition coefficient (Wildman–Crippen LogP) is 2.17. The minimum atomic E-state index is -3.57. The van der Waals surface area contributed by atoms with Crippen molar-refractivity contribution in [3.63, 3.8) is 0 Å². The van der Waals surface area contributed by atoms with Gasteiger partial charge in [-0.25, -0.2) is 12.4 Å². The minimum absolute atomic E-state index is 0.252. The van der Waals surface area contributed by atoms with Crippen LogP contribution in [0.3, 0.4) is 0 Å². The zero-order valence-electron chi connectivity index (χ0n) is 10.6. The third kappa shape index (κ3) is 2.76. The second-order valence-electron chi connectivity index (χ2n) is 4.32. The largest absolute Gasteiger partial charge is 0.303 e. The molecule has 0 fully saturated rings. The van der Waals surface area contributed by atoms with Crippen molar-refractivity contribution in [1.82, 2.24) is 3.97 Å². The molecule has 4 nitrogen and oxygen atoms in total. The van der Waals surface area contributed by atoms with Crippen LogP contribution in [0.4, 0.5) is 0 Å². The molecule has 0 radical (unpaired) electrons. The number of hydrogen-bond donors (Lipinski definition) is 0. The van der Waals surface area contributed by atoms with E-state index in [-0.39, 0.29) is 4.90 Å². The average Bonchev–Trinajstić information content (AvgIpc) is 2.86. The van der Waals surface area contributed by atoms with Gasteiger partial charge in [0.15, 0.2) is 0 Å². The number of benzene rings is 1. The van der Waals surface area contributed by atoms with Crippen LogP contribution >= 0.6 is 0 Å². The van der Waals surface area contributed by atoms with Crippen LogP contribution in [-0.2, 0) is 21.2 Å². The van der Waals surface area contributed by atoms with Crippen LogP contribution < -0.4 is 0 Å². The molecule has 1 aromatic heterocycles. The highest BCUT2D eigenvalue weighted by Gasteiger charge is 2.18. The van der Waals surface area contributed by atoms with Gasteiger partial charge in [-0.15, -0.1) is 0 Å². The highest BCUT2D eigenvalue weighted by atomic mass is 32.2. The van der Waals surface area contributed by atoms with Gasteiger partial charge >= 0.3 is 0 Å². The molecule has 0 atom stereocenters. The van der Waals surface area contributed by atoms with Crippen LogP contribution in [0.25, 0.3) is 0 Å². The Labute approximate surface area is 112 Å². The van der Waals surface area contributed by atoms with Crippen molar-refractivity contribution >= 4 is 16.3 Å². The highest BCUT2D eigenvalue weighted by molar-refractivity contribution is 7.90. The summed E-state index contributed by atoms with van der Waals surface area (Å²) in [5, 5.41) is 0. The van der Waals surface area contributed by atoms with Crippen molar-refractivity contribution in [2.45, 2.75) is 24.7 Å². The summed E-state index contributed by atoms with van der Waals surface area (Å²) < 4.78 is 26.2. The third-order valence-corrected chi connectivity index (χ3v) is 4.63. The van der Waals surface area contributed by atoms with Crippen molar-refractivity contribution in [1.29, 1.82) is 0 Å². The second kappa shape index (κ2) is 5.40. The first kappa shape index (κ1) is 13.5. The Kier molecular flexibility index (Phi) is 3.85. The highest BCUT2D eigenvalue weighted by Crippen LogP contribution is 2.17. The first-order valence-corrected chi connectivity index (χ1v) is 7.42. The lowest BCUT2D eigenvalue weighted by molar-refractivity contribution is -0.107. The molecule has 0 aliphatic rings. The van der Waals surface area contributed by atoms with Crippen LogP contribution in [0.15, 0.2) is 47.5 Å². The summed E-state index contributed by atoms with van der Waals surface area (Å²) in [6.45, 7) is 1.90. The third-order valence-electron chi connectivity index (χ3n) is 2.89. The van der Waals surface area contributed by atoms with Crippen LogP contribution in [-0.4, -0.2) is 18.7 Å². The lowest BCUT2D eigenvalue weighted by atomic mass is 10.2. The Balaban J connectivity index is 2.42. The molecular formula is C14H15NO3S. The number of carbonyl (C=O) groups excluding carboxylic acids is 1. The number of rotatable bonds is 5. The number of hydrogen-bond acceptors (Lipinski definition) is 3. The lowest BCUT2D eigenvalue weighted by Gasteiger charge is -2.10. The summed E-state index contributed by atoms with van der Waals surface area (Å²) in [4.78, 5) is 10.7. The van der Waals surface area contributed by atoms with Crippen LogP contribution in [0, 0.1) is 6.92 Å². The van der Waals surface area contributed by atoms with Crippen molar-refractivity contribution in [2.75, 3.05) is 0 Å². The number of aldehydes is 1. The van der Waals surface area contributed by atoms with Gasteiger partial charge in [0, 0.05) is 18.3 Å². The van der Waals surface area contributed by atoms with Gasteiger partial charge in [-0.05, 0) is 37.6 Å². The van der Waals surface area contributed by atoms with Crippen molar-refractivity contribution < 1.29 is 13.2 Å². The van der Waals surface area contributed by atoms with E-state index < -0.39 is 10.0 Å². The van der Waals surface area contributed by atoms with Gasteiger partial charge in [0.2, 0.25) is 0 Å². The fourth-order valence-electron chi connectivity index (χ4n) is 1.86. The fraction of sp³-hybridized carbons (Fsp3) is 0.214. The summed E-state index contributed by atoms with van der Waals surface area (Å²) in [5.41, 5.74) is 1.63. The summed E-state index contributed by atoms with van der Waals surface area (Å²) in [6.07, 6.45) is 3.03. The average molecular weight is 277 g/mol. The van der Waals surface area contributed by atoms with Gasteiger partial charge in [0.25, 0.3) is 10.0 Å². The molecule has 0 saturated carbocycles. The summed E-state index contributed by atoms with van der Waals surface area (Å²) in [6, 6.07) is 10.1. The molecule has 1 heterocycles. The fourth-order valence-corrected chi connectivity index (χ4v) is 3.26. The van der Waals surface area contributed by atoms with E-state index in [1.54, 1.807) is 36.4 Å². The Morgan fingerprint density at radius 3 is 2.47 bits per heavy atom. The van der Waals surface area contributed by atoms with E-state index in [1.165, 1.54) is 10.2 Å². The lowest BCUT2D eigenvalue weighted by Crippen LogP contribution is -2.14. The molecule has 19 heavy (non-hydrogen) atoms. The SMILES string of the molecule is Cc1ccc(S(=O)(=O)n2cccc2CCC=O)cc1. The van der Waals surface area contributed by atoms with E-state index >= 15 is 0 Å². The maximum absolute atomic E-state index is 12.5. The van der Waals surface area contributed by atoms with E-state index in [2.05, 4.69) is 0 Å². The summed E-state index contributed by atoms with van der Waals surface area (Å²) >= 11 is 0. The molecule has 2 aromatic rings. The monoisotopic (exact) mass is 277 g/mol. The van der Waals surface area contributed by atoms with E-state index in [4.69, 9.17) is 0 Å². The van der Waals surface area contributed by atoms with Gasteiger partial charge in [-0.1, -0.05) is 17.7 Å². The maximum Gasteiger partial charge on any atom is 0.267 e. The topological polar surface area (TPSA) is 56.1 Å². The smallest absolute Gasteiger partial charge is 0.267 e.